The van der Waals surface area contributed by atoms with E-state index in [9.17, 15) is 33.4 Å². The first-order valence-electron chi connectivity index (χ1n) is 12.8. The van der Waals surface area contributed by atoms with Crippen LogP contribution in [0.2, 0.25) is 0 Å². The number of rotatable bonds is 11. The Morgan fingerprint density at radius 3 is 2.59 bits per heavy atom. The second-order valence-electron chi connectivity index (χ2n) is 9.43. The Morgan fingerprint density at radius 2 is 2.00 bits per heavy atom. The van der Waals surface area contributed by atoms with Crippen LogP contribution in [0.1, 0.15) is 21.6 Å². The zero-order valence-electron chi connectivity index (χ0n) is 23.0. The maximum Gasteiger partial charge on any atom is 0.414 e. The molecule has 5 N–H and O–H groups in total. The van der Waals surface area contributed by atoms with Gasteiger partial charge in [0, 0.05) is 24.4 Å². The van der Waals surface area contributed by atoms with Crippen molar-refractivity contribution in [1.82, 2.24) is 10.4 Å². The van der Waals surface area contributed by atoms with Gasteiger partial charge in [0.15, 0.2) is 11.9 Å². The number of halogens is 1. The van der Waals surface area contributed by atoms with Gasteiger partial charge in [0.1, 0.15) is 23.5 Å². The van der Waals surface area contributed by atoms with Crippen LogP contribution in [0.5, 0.6) is 0 Å². The summed E-state index contributed by atoms with van der Waals surface area (Å²) < 4.78 is 48.4. The van der Waals surface area contributed by atoms with Crippen molar-refractivity contribution in [3.63, 3.8) is 0 Å². The minimum atomic E-state index is -4.80. The number of anilines is 1. The highest BCUT2D eigenvalue weighted by Crippen LogP contribution is 2.53. The maximum atomic E-state index is 15.1. The summed E-state index contributed by atoms with van der Waals surface area (Å²) in [6.07, 6.45) is -0.573. The number of nitrogens with one attached hydrogen (secondary N) is 2. The lowest BCUT2D eigenvalue weighted by Gasteiger charge is -2.15. The van der Waals surface area contributed by atoms with Gasteiger partial charge in [-0.1, -0.05) is 23.4 Å². The summed E-state index contributed by atoms with van der Waals surface area (Å²) in [6, 6.07) is 12.7. The molecule has 0 radical (unpaired) electrons. The minimum absolute atomic E-state index is 0.0203. The molecule has 0 bridgehead atoms. The fraction of sp³-hybridized carbons (Fsp3) is 0.231. The predicted octanol–water partition coefficient (Wildman–Crippen LogP) is 3.50. The lowest BCUT2D eigenvalue weighted by atomic mass is 10.1. The van der Waals surface area contributed by atoms with Gasteiger partial charge in [0.2, 0.25) is 8.03 Å². The molecule has 1 aliphatic heterocycles. The highest BCUT2D eigenvalue weighted by Gasteiger charge is 2.35. The third kappa shape index (κ3) is 7.98. The van der Waals surface area contributed by atoms with Crippen LogP contribution in [-0.4, -0.2) is 69.3 Å². The lowest BCUT2D eigenvalue weighted by molar-refractivity contribution is 0.0300. The number of ether oxygens (including phenoxy) is 2. The third-order valence-corrected chi connectivity index (χ3v) is 9.86. The molecular formula is C26H27FN6O9P2. The summed E-state index contributed by atoms with van der Waals surface area (Å²) in [7, 11) is -6.78. The Hall–Kier alpha value is -4.33. The molecule has 44 heavy (non-hydrogen) atoms. The second kappa shape index (κ2) is 14.0. The van der Waals surface area contributed by atoms with Crippen molar-refractivity contribution in [2.75, 3.05) is 25.1 Å². The average molecular weight is 648 g/mol. The molecule has 0 aliphatic carbocycles. The Kier molecular flexibility index (Phi) is 10.3. The van der Waals surface area contributed by atoms with Crippen LogP contribution < -0.4 is 10.3 Å². The van der Waals surface area contributed by atoms with Gasteiger partial charge >= 0.3 is 19.7 Å². The topological polar surface area (TPSA) is 224 Å². The second-order valence-corrected chi connectivity index (χ2v) is 13.1. The highest BCUT2D eigenvalue weighted by molar-refractivity contribution is 7.65. The number of benzene rings is 2. The number of esters is 1. The van der Waals surface area contributed by atoms with Crippen molar-refractivity contribution in [2.24, 2.45) is 10.3 Å². The summed E-state index contributed by atoms with van der Waals surface area (Å²) in [5.41, 5.74) is 3.96. The van der Waals surface area contributed by atoms with Gasteiger partial charge in [0.05, 0.1) is 17.8 Å². The third-order valence-electron chi connectivity index (χ3n) is 6.42. The van der Waals surface area contributed by atoms with E-state index < -0.39 is 45.0 Å². The van der Waals surface area contributed by atoms with Gasteiger partial charge in [0.25, 0.3) is 0 Å². The molecule has 0 saturated carbocycles. The Balaban J connectivity index is 1.34. The average Bonchev–Trinajstić information content (AvgIpc) is 3.37. The SMILES string of the molecule is CN/N=N\C(=N)c1ccc(-c2ccc(N3C[C@H](COC(=O)c4ccc(CC([PH](=O)O)P(=O)(O)O)cc4)OC3=O)cc2F)cn1. The number of cyclic esters (lactones) is 1. The van der Waals surface area contributed by atoms with E-state index in [4.69, 9.17) is 14.9 Å². The molecule has 3 atom stereocenters. The van der Waals surface area contributed by atoms with Crippen molar-refractivity contribution in [3.8, 4) is 11.1 Å². The first-order chi connectivity index (χ1) is 20.9. The first-order valence-corrected chi connectivity index (χ1v) is 15.9. The van der Waals surface area contributed by atoms with Crippen molar-refractivity contribution >= 4 is 39.2 Å². The summed E-state index contributed by atoms with van der Waals surface area (Å²) in [5.74, 6) is -1.57. The molecule has 1 amide bonds. The monoisotopic (exact) mass is 648 g/mol. The van der Waals surface area contributed by atoms with E-state index in [-0.39, 0.29) is 47.9 Å². The summed E-state index contributed by atoms with van der Waals surface area (Å²) in [5, 5.41) is 13.2. The fourth-order valence-corrected chi connectivity index (χ4v) is 6.18. The molecule has 2 heterocycles. The van der Waals surface area contributed by atoms with E-state index in [1.54, 1.807) is 6.07 Å². The summed E-state index contributed by atoms with van der Waals surface area (Å²) in [6.45, 7) is -0.315. The highest BCUT2D eigenvalue weighted by atomic mass is 31.2. The number of hydrogen-bond donors (Lipinski definition) is 5. The molecule has 232 valence electrons. The van der Waals surface area contributed by atoms with Crippen LogP contribution in [0.4, 0.5) is 14.9 Å². The van der Waals surface area contributed by atoms with Crippen LogP contribution in [0.25, 0.3) is 11.1 Å². The molecule has 18 heteroatoms. The van der Waals surface area contributed by atoms with Gasteiger partial charge in [-0.05, 0) is 48.4 Å². The lowest BCUT2D eigenvalue weighted by Crippen LogP contribution is -2.26. The van der Waals surface area contributed by atoms with Gasteiger partial charge in [-0.3, -0.25) is 29.8 Å². The van der Waals surface area contributed by atoms with Crippen LogP contribution in [0.15, 0.2) is 71.1 Å². The summed E-state index contributed by atoms with van der Waals surface area (Å²) in [4.78, 5) is 58.1. The van der Waals surface area contributed by atoms with Crippen LogP contribution >= 0.6 is 15.6 Å². The molecule has 15 nitrogen and oxygen atoms in total. The van der Waals surface area contributed by atoms with Gasteiger partial charge in [-0.25, -0.2) is 14.0 Å². The van der Waals surface area contributed by atoms with E-state index in [1.165, 1.54) is 60.6 Å². The van der Waals surface area contributed by atoms with Gasteiger partial charge in [-0.2, -0.15) is 0 Å². The largest absolute Gasteiger partial charge is 0.458 e. The maximum absolute atomic E-state index is 15.1. The van der Waals surface area contributed by atoms with Crippen molar-refractivity contribution in [2.45, 2.75) is 17.9 Å². The zero-order chi connectivity index (χ0) is 32.0. The molecule has 1 aromatic heterocycles. The van der Waals surface area contributed by atoms with Crippen molar-refractivity contribution in [1.29, 1.82) is 5.41 Å². The zero-order valence-corrected chi connectivity index (χ0v) is 24.8. The quantitative estimate of drug-likeness (QED) is 0.0505. The van der Waals surface area contributed by atoms with E-state index in [0.717, 1.165) is 6.07 Å². The minimum Gasteiger partial charge on any atom is -0.458 e. The first kappa shape index (κ1) is 32.6. The molecule has 4 rings (SSSR count). The van der Waals surface area contributed by atoms with Crippen LogP contribution in [0, 0.1) is 11.2 Å². The summed E-state index contributed by atoms with van der Waals surface area (Å²) >= 11 is 0. The number of amides is 1. The molecule has 1 fully saturated rings. The molecule has 2 unspecified atom stereocenters. The number of aromatic nitrogens is 1. The van der Waals surface area contributed by atoms with E-state index >= 15 is 4.39 Å². The number of hydrogen-bond acceptors (Lipinski definition) is 9. The molecule has 1 aliphatic rings. The fourth-order valence-electron chi connectivity index (χ4n) is 4.17. The van der Waals surface area contributed by atoms with E-state index in [0.29, 0.717) is 11.1 Å². The molecular weight excluding hydrogens is 621 g/mol. The van der Waals surface area contributed by atoms with Gasteiger partial charge in [-0.15, -0.1) is 5.11 Å². The van der Waals surface area contributed by atoms with E-state index in [1.807, 2.05) is 0 Å². The predicted molar refractivity (Wildman–Crippen MR) is 155 cm³/mol. The van der Waals surface area contributed by atoms with Gasteiger partial charge < -0.3 is 24.2 Å². The van der Waals surface area contributed by atoms with Crippen LogP contribution in [-0.2, 0) is 25.0 Å². The van der Waals surface area contributed by atoms with Crippen molar-refractivity contribution in [3.05, 3.63) is 83.4 Å². The molecule has 2 aromatic carbocycles. The number of amidine groups is 1. The number of pyridine rings is 1. The Bertz CT molecular complexity index is 1650. The van der Waals surface area contributed by atoms with E-state index in [2.05, 4.69) is 20.7 Å². The molecule has 1 saturated heterocycles. The molecule has 0 spiro atoms. The normalized spacial score (nSPS) is 16.4. The Morgan fingerprint density at radius 1 is 1.27 bits per heavy atom. The molecule has 3 aromatic rings. The van der Waals surface area contributed by atoms with Crippen LogP contribution in [0.3, 0.4) is 0 Å². The van der Waals surface area contributed by atoms with Crippen molar-refractivity contribution < 1.29 is 47.3 Å². The number of nitrogens with zero attached hydrogens (tertiary/aromatic N) is 4. The number of carbonyl (C=O) groups excluding carboxylic acids is 2. The Labute approximate surface area is 250 Å². The standard InChI is InChI=1S/C26H27FN6O9P2/c1-29-32-31-24(28)22-9-6-17(12-30-22)20-8-7-18(11-21(20)27)33-13-19(42-26(33)35)14-41-25(34)16-4-2-15(3-5-16)10-23(43(36)37)44(38,39)40/h2-9,11-12,19,23,43H,10,13-14H2,1H3,(H,36,37)(H2,28,29,31)(H2,38,39,40)/t19-,23?/m1/s1. The smallest absolute Gasteiger partial charge is 0.414 e. The number of carbonyl (C=O) groups is 2.